The molecule has 158 valence electrons. The lowest BCUT2D eigenvalue weighted by atomic mass is 9.54. The topological polar surface area (TPSA) is 59.8 Å². The number of nitrogens with zero attached hydrogens (tertiary/aromatic N) is 3. The summed E-state index contributed by atoms with van der Waals surface area (Å²) in [6.07, 6.45) is 11.0. The molecular weight excluding hydrogens is 372 g/mol. The van der Waals surface area contributed by atoms with Crippen LogP contribution in [0.5, 0.6) is 0 Å². The van der Waals surface area contributed by atoms with Crippen LogP contribution in [0.25, 0.3) is 5.57 Å². The number of hydrogen-bond donors (Lipinski definition) is 1. The Balaban J connectivity index is 1.44. The van der Waals surface area contributed by atoms with Crippen LogP contribution in [0.15, 0.2) is 48.7 Å². The van der Waals surface area contributed by atoms with Crippen molar-refractivity contribution in [1.82, 2.24) is 15.0 Å². The third-order valence-corrected chi connectivity index (χ3v) is 7.53. The molecule has 5 nitrogen and oxygen atoms in total. The molecule has 0 spiro atoms. The monoisotopic (exact) mass is 404 g/mol. The fourth-order valence-corrected chi connectivity index (χ4v) is 5.04. The Morgan fingerprint density at radius 2 is 1.97 bits per heavy atom. The highest BCUT2D eigenvalue weighted by atomic mass is 16.2. The number of allylic oxidation sites excluding steroid dienone is 3. The smallest absolute Gasteiger partial charge is 0.246 e. The van der Waals surface area contributed by atoms with E-state index in [1.54, 1.807) is 4.68 Å². The first-order chi connectivity index (χ1) is 14.3. The molecule has 1 amide bonds. The molecule has 0 aliphatic heterocycles. The van der Waals surface area contributed by atoms with E-state index in [2.05, 4.69) is 42.1 Å². The van der Waals surface area contributed by atoms with E-state index >= 15 is 0 Å². The first kappa shape index (κ1) is 20.6. The molecule has 30 heavy (non-hydrogen) atoms. The van der Waals surface area contributed by atoms with Gasteiger partial charge in [-0.2, -0.15) is 0 Å². The lowest BCUT2D eigenvalue weighted by Crippen LogP contribution is -2.41. The van der Waals surface area contributed by atoms with Gasteiger partial charge in [0.2, 0.25) is 5.91 Å². The average Bonchev–Trinajstić information content (AvgIpc) is 3.10. The zero-order valence-corrected chi connectivity index (χ0v) is 18.4. The number of carbonyl (C=O) groups excluding carboxylic acids is 1. The number of amides is 1. The summed E-state index contributed by atoms with van der Waals surface area (Å²) in [6.45, 7) is 11.4. The second-order valence-electron chi connectivity index (χ2n) is 9.50. The van der Waals surface area contributed by atoms with Crippen LogP contribution in [0, 0.1) is 17.8 Å². The largest absolute Gasteiger partial charge is 0.324 e. The first-order valence-electron chi connectivity index (χ1n) is 10.9. The van der Waals surface area contributed by atoms with Crippen LogP contribution in [0.4, 0.5) is 5.69 Å². The van der Waals surface area contributed by atoms with Gasteiger partial charge in [-0.1, -0.05) is 55.0 Å². The van der Waals surface area contributed by atoms with E-state index in [9.17, 15) is 4.79 Å². The molecule has 1 heterocycles. The van der Waals surface area contributed by atoms with Crippen LogP contribution in [0.3, 0.4) is 0 Å². The average molecular weight is 405 g/mol. The number of benzene rings is 1. The molecule has 1 saturated carbocycles. The van der Waals surface area contributed by atoms with Crippen molar-refractivity contribution in [1.29, 1.82) is 0 Å². The number of aryl methyl sites for hydroxylation is 1. The molecule has 1 aromatic carbocycles. The van der Waals surface area contributed by atoms with Crippen molar-refractivity contribution in [3.8, 4) is 0 Å². The quantitative estimate of drug-likeness (QED) is 0.680. The molecule has 2 atom stereocenters. The molecule has 0 bridgehead atoms. The van der Waals surface area contributed by atoms with Crippen molar-refractivity contribution in [2.24, 2.45) is 10.8 Å². The van der Waals surface area contributed by atoms with Gasteiger partial charge in [0, 0.05) is 5.69 Å². The fraction of sp³-hybridized carbons (Fsp3) is 0.480. The summed E-state index contributed by atoms with van der Waals surface area (Å²) in [5.41, 5.74) is 5.91. The minimum absolute atomic E-state index is 0.104. The van der Waals surface area contributed by atoms with Crippen LogP contribution < -0.4 is 5.32 Å². The Hall–Kier alpha value is -2.69. The Labute approximate surface area is 179 Å². The molecule has 0 unspecified atom stereocenters. The molecule has 0 radical (unpaired) electrons. The Kier molecular flexibility index (Phi) is 5.39. The zero-order valence-electron chi connectivity index (χ0n) is 18.4. The molecule has 2 aliphatic rings. The van der Waals surface area contributed by atoms with Crippen LogP contribution in [-0.4, -0.2) is 20.9 Å². The Morgan fingerprint density at radius 3 is 2.73 bits per heavy atom. The van der Waals surface area contributed by atoms with Gasteiger partial charge in [0.25, 0.3) is 0 Å². The maximum Gasteiger partial charge on any atom is 0.246 e. The lowest BCUT2D eigenvalue weighted by Gasteiger charge is -2.51. The number of hydrogen-bond acceptors (Lipinski definition) is 3. The highest BCUT2D eigenvalue weighted by Gasteiger charge is 2.48. The molecule has 2 aromatic rings. The molecule has 0 saturated heterocycles. The molecule has 1 aromatic heterocycles. The van der Waals surface area contributed by atoms with Crippen LogP contribution >= 0.6 is 0 Å². The van der Waals surface area contributed by atoms with E-state index in [4.69, 9.17) is 0 Å². The van der Waals surface area contributed by atoms with E-state index in [-0.39, 0.29) is 23.3 Å². The van der Waals surface area contributed by atoms with Crippen molar-refractivity contribution in [3.05, 3.63) is 59.9 Å². The first-order valence-corrected chi connectivity index (χ1v) is 10.9. The van der Waals surface area contributed by atoms with Crippen LogP contribution in [0.1, 0.15) is 63.6 Å². The lowest BCUT2D eigenvalue weighted by molar-refractivity contribution is -0.116. The highest BCUT2D eigenvalue weighted by Crippen LogP contribution is 2.59. The van der Waals surface area contributed by atoms with Crippen molar-refractivity contribution in [3.63, 3.8) is 0 Å². The van der Waals surface area contributed by atoms with E-state index in [1.807, 2.05) is 37.4 Å². The second kappa shape index (κ2) is 7.86. The summed E-state index contributed by atoms with van der Waals surface area (Å²) in [5.74, 6) is -0.104. The number of anilines is 1. The van der Waals surface area contributed by atoms with E-state index in [0.717, 1.165) is 42.6 Å². The van der Waals surface area contributed by atoms with Gasteiger partial charge in [0.05, 0.1) is 6.20 Å². The van der Waals surface area contributed by atoms with Crippen LogP contribution in [0.2, 0.25) is 0 Å². The standard InChI is InChI=1S/C25H32N4O/c1-18-7-9-21(10-8-18)26-23(30)17-29-16-22(27-28-29)20-11-14-24(3)13-5-6-19(2)25(24,4)15-12-20/h7-10,12,16H,2,5-6,11,13-15,17H2,1,3-4H3,(H,26,30)/t24-,25+/m1/s1. The predicted molar refractivity (Wildman–Crippen MR) is 121 cm³/mol. The minimum Gasteiger partial charge on any atom is -0.324 e. The van der Waals surface area contributed by atoms with Gasteiger partial charge in [0.1, 0.15) is 12.2 Å². The highest BCUT2D eigenvalue weighted by molar-refractivity contribution is 5.90. The molecule has 2 aliphatic carbocycles. The van der Waals surface area contributed by atoms with Crippen molar-refractivity contribution < 1.29 is 4.79 Å². The number of rotatable bonds is 4. The summed E-state index contributed by atoms with van der Waals surface area (Å²) >= 11 is 0. The van der Waals surface area contributed by atoms with Crippen molar-refractivity contribution >= 4 is 17.2 Å². The normalized spacial score (nSPS) is 26.5. The second-order valence-corrected chi connectivity index (χ2v) is 9.50. The minimum atomic E-state index is -0.104. The predicted octanol–water partition coefficient (Wildman–Crippen LogP) is 5.55. The maximum absolute atomic E-state index is 12.4. The van der Waals surface area contributed by atoms with Gasteiger partial charge in [-0.3, -0.25) is 4.79 Å². The van der Waals surface area contributed by atoms with E-state index in [0.29, 0.717) is 0 Å². The zero-order chi connectivity index (χ0) is 21.4. The summed E-state index contributed by atoms with van der Waals surface area (Å²) < 4.78 is 1.62. The molecule has 1 N–H and O–H groups in total. The summed E-state index contributed by atoms with van der Waals surface area (Å²) in [7, 11) is 0. The third kappa shape index (κ3) is 3.85. The van der Waals surface area contributed by atoms with E-state index in [1.165, 1.54) is 24.0 Å². The summed E-state index contributed by atoms with van der Waals surface area (Å²) in [5, 5.41) is 11.5. The maximum atomic E-state index is 12.4. The number of carbonyl (C=O) groups is 1. The number of aromatic nitrogens is 3. The molecular formula is C25H32N4O. The van der Waals surface area contributed by atoms with Gasteiger partial charge < -0.3 is 5.32 Å². The fourth-order valence-electron chi connectivity index (χ4n) is 5.04. The van der Waals surface area contributed by atoms with Gasteiger partial charge in [-0.25, -0.2) is 4.68 Å². The van der Waals surface area contributed by atoms with Gasteiger partial charge in [-0.15, -0.1) is 5.10 Å². The van der Waals surface area contributed by atoms with Gasteiger partial charge in [0.15, 0.2) is 0 Å². The number of fused-ring (bicyclic) bond motifs is 1. The molecule has 4 rings (SSSR count). The van der Waals surface area contributed by atoms with Crippen molar-refractivity contribution in [2.75, 3.05) is 5.32 Å². The van der Waals surface area contributed by atoms with Crippen LogP contribution in [-0.2, 0) is 11.3 Å². The Bertz CT molecular complexity index is 987. The van der Waals surface area contributed by atoms with Gasteiger partial charge >= 0.3 is 0 Å². The third-order valence-electron chi connectivity index (χ3n) is 7.53. The van der Waals surface area contributed by atoms with Crippen molar-refractivity contribution in [2.45, 2.75) is 65.8 Å². The molecule has 1 fully saturated rings. The number of nitrogens with one attached hydrogen (secondary N) is 1. The van der Waals surface area contributed by atoms with E-state index < -0.39 is 0 Å². The molecule has 5 heteroatoms. The SMILES string of the molecule is C=C1CCC[C@]2(C)CCC(c3cn(CC(=O)Nc4ccc(C)cc4)nn3)=CC[C@@]12C. The summed E-state index contributed by atoms with van der Waals surface area (Å²) in [6, 6.07) is 7.78. The Morgan fingerprint density at radius 1 is 1.20 bits per heavy atom. The summed E-state index contributed by atoms with van der Waals surface area (Å²) in [4.78, 5) is 12.4. The van der Waals surface area contributed by atoms with Gasteiger partial charge in [-0.05, 0) is 74.0 Å².